The molecule has 0 aromatic carbocycles. The molecule has 16 heteroatoms. The van der Waals surface area contributed by atoms with Crippen molar-refractivity contribution in [3.63, 3.8) is 0 Å². The molecule has 206 valence electrons. The number of methoxy groups -OCH3 is 2. The first-order valence-corrected chi connectivity index (χ1v) is 13.6. The summed E-state index contributed by atoms with van der Waals surface area (Å²) < 4.78 is 32.8. The Morgan fingerprint density at radius 1 is 1.11 bits per heavy atom. The van der Waals surface area contributed by atoms with Gasteiger partial charge in [0, 0.05) is 30.7 Å². The molecular weight excluding hydrogens is 521 g/mol. The zero-order chi connectivity index (χ0) is 27.5. The Morgan fingerprint density at radius 3 is 2.33 bits per heavy atom. The Labute approximate surface area is 213 Å². The van der Waals surface area contributed by atoms with Gasteiger partial charge >= 0.3 is 25.7 Å². The highest BCUT2D eigenvalue weighted by atomic mass is 32.2. The van der Waals surface area contributed by atoms with E-state index in [2.05, 4.69) is 25.2 Å². The summed E-state index contributed by atoms with van der Waals surface area (Å²) in [6.45, 7) is 4.83. The molecule has 0 aromatic heterocycles. The number of aliphatic carboxylic acids is 1. The molecule has 2 unspecified atom stereocenters. The van der Waals surface area contributed by atoms with E-state index in [1.807, 2.05) is 0 Å². The van der Waals surface area contributed by atoms with Gasteiger partial charge in [0.1, 0.15) is 11.3 Å². The molecule has 0 aromatic rings. The van der Waals surface area contributed by atoms with Gasteiger partial charge in [-0.05, 0) is 6.92 Å². The van der Waals surface area contributed by atoms with Crippen LogP contribution in [0, 0.1) is 5.41 Å². The molecule has 0 saturated carbocycles. The molecule has 0 aliphatic carbocycles. The van der Waals surface area contributed by atoms with Gasteiger partial charge in [0.25, 0.3) is 0 Å². The van der Waals surface area contributed by atoms with Gasteiger partial charge in [-0.15, -0.1) is 11.8 Å². The van der Waals surface area contributed by atoms with E-state index >= 15 is 0 Å². The van der Waals surface area contributed by atoms with Crippen LogP contribution in [0.2, 0.25) is 0 Å². The van der Waals surface area contributed by atoms with E-state index in [0.29, 0.717) is 0 Å². The van der Waals surface area contributed by atoms with E-state index in [1.54, 1.807) is 13.8 Å². The van der Waals surface area contributed by atoms with Crippen molar-refractivity contribution in [1.82, 2.24) is 15.7 Å². The molecule has 0 bridgehead atoms. The summed E-state index contributed by atoms with van der Waals surface area (Å²) >= 11 is 1.05. The van der Waals surface area contributed by atoms with Crippen LogP contribution >= 0.6 is 19.5 Å². The fourth-order valence-corrected chi connectivity index (χ4v) is 5.88. The van der Waals surface area contributed by atoms with Crippen LogP contribution in [0.4, 0.5) is 0 Å². The fourth-order valence-electron chi connectivity index (χ4n) is 2.95. The fraction of sp³-hybridized carbons (Fsp3) is 0.750. The van der Waals surface area contributed by atoms with Gasteiger partial charge in [-0.25, -0.2) is 9.65 Å². The standard InChI is InChI=1S/C20H34N3O11PS/c1-12(18(28)31-4)23-35(30)33-11-20(2,3)16(34-35)17(27)22-7-6-14(24)21-8-9-36-13(10-15(25)26)19(29)32-5/h12-13,16H,6-11H2,1-5H3,(H,21,24)(H,22,27)(H,23,30)(H,25,26)/t12-,13?,16-,35?/m0/s1. The lowest BCUT2D eigenvalue weighted by atomic mass is 9.87. The molecule has 2 amide bonds. The van der Waals surface area contributed by atoms with Crippen LogP contribution in [0.15, 0.2) is 0 Å². The van der Waals surface area contributed by atoms with Crippen molar-refractivity contribution in [2.75, 3.05) is 39.7 Å². The maximum atomic E-state index is 12.9. The maximum Gasteiger partial charge on any atom is 0.407 e. The molecule has 4 atom stereocenters. The largest absolute Gasteiger partial charge is 0.481 e. The van der Waals surface area contributed by atoms with Crippen LogP contribution in [0.5, 0.6) is 0 Å². The minimum absolute atomic E-state index is 0.0330. The number of rotatable bonds is 14. The highest BCUT2D eigenvalue weighted by molar-refractivity contribution is 8.00. The molecule has 1 aliphatic rings. The van der Waals surface area contributed by atoms with E-state index in [-0.39, 0.29) is 37.8 Å². The van der Waals surface area contributed by atoms with Crippen molar-refractivity contribution in [3.8, 4) is 0 Å². The Balaban J connectivity index is 2.49. The molecule has 1 rings (SSSR count). The second-order valence-electron chi connectivity index (χ2n) is 8.49. The van der Waals surface area contributed by atoms with Crippen molar-refractivity contribution < 1.29 is 52.2 Å². The molecule has 1 fully saturated rings. The second-order valence-corrected chi connectivity index (χ2v) is 11.5. The van der Waals surface area contributed by atoms with E-state index in [0.717, 1.165) is 11.8 Å². The number of carboxylic acids is 1. The van der Waals surface area contributed by atoms with Crippen LogP contribution < -0.4 is 15.7 Å². The second kappa shape index (κ2) is 14.5. The van der Waals surface area contributed by atoms with Crippen molar-refractivity contribution >= 4 is 49.2 Å². The van der Waals surface area contributed by atoms with E-state index in [4.69, 9.17) is 14.2 Å². The first kappa shape index (κ1) is 31.8. The van der Waals surface area contributed by atoms with Gasteiger partial charge in [0.05, 0.1) is 27.2 Å². The zero-order valence-corrected chi connectivity index (χ0v) is 22.6. The number of ether oxygens (including phenoxy) is 2. The van der Waals surface area contributed by atoms with Gasteiger partial charge < -0.3 is 25.2 Å². The smallest absolute Gasteiger partial charge is 0.407 e. The molecular formula is C20H34N3O11PS. The average Bonchev–Trinajstić information content (AvgIpc) is 2.81. The minimum atomic E-state index is -3.99. The lowest BCUT2D eigenvalue weighted by molar-refractivity contribution is -0.144. The Bertz CT molecular complexity index is 870. The Kier molecular flexibility index (Phi) is 12.8. The Morgan fingerprint density at radius 2 is 1.75 bits per heavy atom. The van der Waals surface area contributed by atoms with Gasteiger partial charge in [-0.3, -0.25) is 33.0 Å². The van der Waals surface area contributed by atoms with E-state index < -0.39 is 60.8 Å². The van der Waals surface area contributed by atoms with Crippen LogP contribution in [-0.4, -0.2) is 91.9 Å². The molecule has 0 spiro atoms. The van der Waals surface area contributed by atoms with Crippen LogP contribution in [0.25, 0.3) is 0 Å². The lowest BCUT2D eigenvalue weighted by Crippen LogP contribution is -2.51. The van der Waals surface area contributed by atoms with Crippen molar-refractivity contribution in [2.45, 2.75) is 51.0 Å². The minimum Gasteiger partial charge on any atom is -0.481 e. The predicted octanol–water partition coefficient (Wildman–Crippen LogP) is 0.0592. The van der Waals surface area contributed by atoms with E-state index in [1.165, 1.54) is 21.1 Å². The molecule has 36 heavy (non-hydrogen) atoms. The number of carbonyl (C=O) groups excluding carboxylic acids is 4. The molecule has 1 aliphatic heterocycles. The van der Waals surface area contributed by atoms with Crippen LogP contribution in [0.1, 0.15) is 33.6 Å². The third kappa shape index (κ3) is 10.4. The van der Waals surface area contributed by atoms with Crippen LogP contribution in [0.3, 0.4) is 0 Å². The predicted molar refractivity (Wildman–Crippen MR) is 128 cm³/mol. The van der Waals surface area contributed by atoms with Gasteiger partial charge in [-0.1, -0.05) is 13.8 Å². The summed E-state index contributed by atoms with van der Waals surface area (Å²) in [7, 11) is -1.65. The molecule has 14 nitrogen and oxygen atoms in total. The average molecular weight is 556 g/mol. The molecule has 1 saturated heterocycles. The number of hydrogen-bond acceptors (Lipinski definition) is 11. The van der Waals surface area contributed by atoms with Gasteiger partial charge in [0.2, 0.25) is 11.8 Å². The summed E-state index contributed by atoms with van der Waals surface area (Å²) in [5.41, 5.74) is -0.847. The number of thioether (sulfide) groups is 1. The van der Waals surface area contributed by atoms with Crippen molar-refractivity contribution in [3.05, 3.63) is 0 Å². The number of nitrogens with one attached hydrogen (secondary N) is 3. The highest BCUT2D eigenvalue weighted by Crippen LogP contribution is 2.53. The number of amides is 2. The first-order valence-electron chi connectivity index (χ1n) is 11.0. The Hall–Kier alpha value is -2.19. The molecule has 0 radical (unpaired) electrons. The van der Waals surface area contributed by atoms with Gasteiger partial charge in [-0.2, -0.15) is 0 Å². The normalized spacial score (nSPS) is 22.5. The first-order chi connectivity index (χ1) is 16.7. The third-order valence-electron chi connectivity index (χ3n) is 4.92. The third-order valence-corrected chi connectivity index (χ3v) is 7.79. The monoisotopic (exact) mass is 555 g/mol. The summed E-state index contributed by atoms with van der Waals surface area (Å²) in [6, 6.07) is -1.00. The maximum absolute atomic E-state index is 12.9. The quantitative estimate of drug-likeness (QED) is 0.128. The molecule has 4 N–H and O–H groups in total. The number of esters is 2. The summed E-state index contributed by atoms with van der Waals surface area (Å²) in [5, 5.41) is 15.6. The summed E-state index contributed by atoms with van der Waals surface area (Å²) in [4.78, 5) is 58.8. The highest BCUT2D eigenvalue weighted by Gasteiger charge is 2.48. The van der Waals surface area contributed by atoms with Gasteiger partial charge in [0.15, 0.2) is 6.10 Å². The SMILES string of the molecule is COC(=O)C(CC(=O)O)SCCNC(=O)CCNC(=O)[C@@H]1OP(=O)(N[C@@H](C)C(=O)OC)OCC1(C)C. The lowest BCUT2D eigenvalue weighted by Gasteiger charge is -2.40. The topological polar surface area (TPSA) is 196 Å². The summed E-state index contributed by atoms with van der Waals surface area (Å²) in [5.74, 6) is -3.19. The van der Waals surface area contributed by atoms with Crippen LogP contribution in [-0.2, 0) is 47.1 Å². The number of carbonyl (C=O) groups is 5. The molecule has 1 heterocycles. The zero-order valence-electron chi connectivity index (χ0n) is 20.9. The van der Waals surface area contributed by atoms with E-state index in [9.17, 15) is 28.5 Å². The van der Waals surface area contributed by atoms with Crippen molar-refractivity contribution in [2.24, 2.45) is 5.41 Å². The summed E-state index contributed by atoms with van der Waals surface area (Å²) in [6.07, 6.45) is -1.64. The number of hydrogen-bond donors (Lipinski definition) is 4. The van der Waals surface area contributed by atoms with Crippen molar-refractivity contribution in [1.29, 1.82) is 0 Å². The number of carboxylic acid groups (broad SMARTS) is 1.